The summed E-state index contributed by atoms with van der Waals surface area (Å²) in [5.41, 5.74) is 1.84. The first kappa shape index (κ1) is 24.1. The largest absolute Gasteiger partial charge is 0.490 e. The summed E-state index contributed by atoms with van der Waals surface area (Å²) >= 11 is 6.62. The van der Waals surface area contributed by atoms with Gasteiger partial charge in [-0.15, -0.1) is 0 Å². The molecule has 164 valence electrons. The highest BCUT2D eigenvalue weighted by Gasteiger charge is 2.37. The molecule has 1 heterocycles. The van der Waals surface area contributed by atoms with Crippen molar-refractivity contribution >= 4 is 67.5 Å². The van der Waals surface area contributed by atoms with Gasteiger partial charge in [0.2, 0.25) is 0 Å². The number of imide groups is 1. The molecule has 8 heteroatoms. The van der Waals surface area contributed by atoms with E-state index in [-0.39, 0.29) is 17.2 Å². The molecule has 1 atom stereocenters. The summed E-state index contributed by atoms with van der Waals surface area (Å²) < 4.78 is 13.8. The highest BCUT2D eigenvalue weighted by Crippen LogP contribution is 2.38. The van der Waals surface area contributed by atoms with Crippen LogP contribution in [-0.2, 0) is 11.4 Å². The minimum atomic E-state index is -0.243. The van der Waals surface area contributed by atoms with Crippen LogP contribution in [-0.4, -0.2) is 28.7 Å². The first-order valence-corrected chi connectivity index (χ1v) is 12.6. The van der Waals surface area contributed by atoms with Crippen molar-refractivity contribution in [1.82, 2.24) is 4.90 Å². The van der Waals surface area contributed by atoms with Crippen LogP contribution in [0.3, 0.4) is 0 Å². The second-order valence-electron chi connectivity index (χ2n) is 6.99. The highest BCUT2D eigenvalue weighted by atomic mass is 127. The Bertz CT molecular complexity index is 1010. The minimum Gasteiger partial charge on any atom is -0.490 e. The van der Waals surface area contributed by atoms with E-state index in [0.717, 1.165) is 37.4 Å². The van der Waals surface area contributed by atoms with Crippen LogP contribution in [0, 0.1) is 3.57 Å². The van der Waals surface area contributed by atoms with Crippen LogP contribution >= 0.6 is 50.3 Å². The van der Waals surface area contributed by atoms with Crippen molar-refractivity contribution in [1.29, 1.82) is 0 Å². The van der Waals surface area contributed by atoms with E-state index in [0.29, 0.717) is 29.6 Å². The summed E-state index contributed by atoms with van der Waals surface area (Å²) in [6, 6.07) is 11.6. The Morgan fingerprint density at radius 2 is 1.87 bits per heavy atom. The second-order valence-corrected chi connectivity index (χ2v) is 10.1. The lowest BCUT2D eigenvalue weighted by Crippen LogP contribution is -2.36. The minimum absolute atomic E-state index is 0.119. The Labute approximate surface area is 208 Å². The molecule has 0 unspecified atom stereocenters. The van der Waals surface area contributed by atoms with E-state index < -0.39 is 0 Å². The van der Waals surface area contributed by atoms with E-state index in [1.165, 1.54) is 4.90 Å². The Balaban J connectivity index is 1.86. The highest BCUT2D eigenvalue weighted by molar-refractivity contribution is 14.1. The van der Waals surface area contributed by atoms with Gasteiger partial charge in [0.1, 0.15) is 6.61 Å². The number of carbonyl (C=O) groups is 2. The smallest absolute Gasteiger partial charge is 0.293 e. The number of carbonyl (C=O) groups excluding carboxylic acids is 2. The molecule has 0 saturated carbocycles. The predicted molar refractivity (Wildman–Crippen MR) is 136 cm³/mol. The molecule has 0 spiro atoms. The van der Waals surface area contributed by atoms with Crippen LogP contribution in [0.4, 0.5) is 4.79 Å². The van der Waals surface area contributed by atoms with Gasteiger partial charge >= 0.3 is 0 Å². The fourth-order valence-corrected chi connectivity index (χ4v) is 4.98. The Morgan fingerprint density at radius 3 is 2.52 bits per heavy atom. The molecule has 1 fully saturated rings. The number of thioether (sulfide) groups is 1. The maximum atomic E-state index is 12.7. The Hall–Kier alpha value is -1.52. The van der Waals surface area contributed by atoms with Crippen molar-refractivity contribution in [2.45, 2.75) is 39.8 Å². The summed E-state index contributed by atoms with van der Waals surface area (Å²) in [6.45, 7) is 6.65. The number of amides is 2. The third-order valence-electron chi connectivity index (χ3n) is 4.78. The van der Waals surface area contributed by atoms with Crippen LogP contribution in [0.5, 0.6) is 11.5 Å². The molecule has 0 radical (unpaired) electrons. The molecule has 0 N–H and O–H groups in total. The van der Waals surface area contributed by atoms with Crippen molar-refractivity contribution in [2.75, 3.05) is 6.61 Å². The van der Waals surface area contributed by atoms with Gasteiger partial charge in [-0.2, -0.15) is 0 Å². The first-order chi connectivity index (χ1) is 14.8. The SMILES string of the molecule is CCOc1cc(/C=C2/SC(=O)N([C@@H](C)CC)C2=O)cc(I)c1OCc1ccc(Br)cc1. The summed E-state index contributed by atoms with van der Waals surface area (Å²) in [5.74, 6) is 1.03. The molecule has 0 aromatic heterocycles. The number of rotatable bonds is 8. The molecule has 2 aromatic carbocycles. The molecule has 5 nitrogen and oxygen atoms in total. The predicted octanol–water partition coefficient (Wildman–Crippen LogP) is 6.87. The van der Waals surface area contributed by atoms with Gasteiger partial charge in [0.15, 0.2) is 11.5 Å². The quantitative estimate of drug-likeness (QED) is 0.240. The van der Waals surface area contributed by atoms with Gasteiger partial charge in [0.25, 0.3) is 11.1 Å². The lowest BCUT2D eigenvalue weighted by atomic mass is 10.1. The van der Waals surface area contributed by atoms with Crippen molar-refractivity contribution in [3.05, 3.63) is 60.5 Å². The van der Waals surface area contributed by atoms with Gasteiger partial charge in [-0.1, -0.05) is 35.0 Å². The van der Waals surface area contributed by atoms with Gasteiger partial charge < -0.3 is 9.47 Å². The van der Waals surface area contributed by atoms with Crippen LogP contribution in [0.1, 0.15) is 38.3 Å². The van der Waals surface area contributed by atoms with Crippen LogP contribution in [0.2, 0.25) is 0 Å². The van der Waals surface area contributed by atoms with Crippen molar-refractivity contribution in [3.8, 4) is 11.5 Å². The normalized spacial score (nSPS) is 16.2. The Kier molecular flexibility index (Phi) is 8.46. The maximum absolute atomic E-state index is 12.7. The summed E-state index contributed by atoms with van der Waals surface area (Å²) in [5, 5.41) is -0.222. The molecule has 1 aliphatic rings. The van der Waals surface area contributed by atoms with Crippen molar-refractivity contribution < 1.29 is 19.1 Å². The van der Waals surface area contributed by atoms with Gasteiger partial charge in [0.05, 0.1) is 15.1 Å². The van der Waals surface area contributed by atoms with E-state index in [9.17, 15) is 9.59 Å². The molecule has 2 aromatic rings. The lowest BCUT2D eigenvalue weighted by molar-refractivity contribution is -0.124. The standard InChI is InChI=1S/C23H23BrINO4S/c1-4-14(3)26-22(27)20(31-23(26)28)12-16-10-18(25)21(19(11-16)29-5-2)30-13-15-6-8-17(24)9-7-15/h6-12,14H,4-5,13H2,1-3H3/b20-12+/t14-/m0/s1. The van der Waals surface area contributed by atoms with E-state index in [1.807, 2.05) is 57.2 Å². The zero-order valence-electron chi connectivity index (χ0n) is 17.5. The fraction of sp³-hybridized carbons (Fsp3) is 0.304. The number of nitrogens with zero attached hydrogens (tertiary/aromatic N) is 1. The Morgan fingerprint density at radius 1 is 1.16 bits per heavy atom. The van der Waals surface area contributed by atoms with E-state index in [4.69, 9.17) is 9.47 Å². The van der Waals surface area contributed by atoms with Crippen LogP contribution < -0.4 is 9.47 Å². The molecule has 31 heavy (non-hydrogen) atoms. The lowest BCUT2D eigenvalue weighted by Gasteiger charge is -2.19. The number of hydrogen-bond acceptors (Lipinski definition) is 5. The number of benzene rings is 2. The summed E-state index contributed by atoms with van der Waals surface area (Å²) in [6.07, 6.45) is 2.47. The third kappa shape index (κ3) is 5.84. The third-order valence-corrected chi connectivity index (χ3v) is 6.99. The molecule has 1 saturated heterocycles. The first-order valence-electron chi connectivity index (χ1n) is 9.94. The molecule has 1 aliphatic heterocycles. The topological polar surface area (TPSA) is 55.8 Å². The van der Waals surface area contributed by atoms with Gasteiger partial charge in [-0.25, -0.2) is 0 Å². The van der Waals surface area contributed by atoms with Gasteiger partial charge in [0, 0.05) is 10.5 Å². The van der Waals surface area contributed by atoms with Crippen molar-refractivity contribution in [3.63, 3.8) is 0 Å². The molecular weight excluding hydrogens is 593 g/mol. The maximum Gasteiger partial charge on any atom is 0.293 e. The second kappa shape index (κ2) is 10.9. The average molecular weight is 616 g/mol. The number of hydrogen-bond donors (Lipinski definition) is 0. The van der Waals surface area contributed by atoms with E-state index >= 15 is 0 Å². The fourth-order valence-electron chi connectivity index (χ4n) is 3.00. The molecule has 0 aliphatic carbocycles. The molecule has 0 bridgehead atoms. The van der Waals surface area contributed by atoms with E-state index in [2.05, 4.69) is 38.5 Å². The van der Waals surface area contributed by atoms with Gasteiger partial charge in [-0.3, -0.25) is 14.5 Å². The summed E-state index contributed by atoms with van der Waals surface area (Å²) in [7, 11) is 0. The van der Waals surface area contributed by atoms with Crippen molar-refractivity contribution in [2.24, 2.45) is 0 Å². The molecule has 2 amide bonds. The zero-order valence-corrected chi connectivity index (χ0v) is 22.0. The van der Waals surface area contributed by atoms with Crippen LogP contribution in [0.15, 0.2) is 45.8 Å². The van der Waals surface area contributed by atoms with Gasteiger partial charge in [-0.05, 0) is 96.1 Å². The zero-order chi connectivity index (χ0) is 22.5. The number of halogens is 2. The summed E-state index contributed by atoms with van der Waals surface area (Å²) in [4.78, 5) is 26.8. The number of ether oxygens (including phenoxy) is 2. The van der Waals surface area contributed by atoms with E-state index in [1.54, 1.807) is 6.08 Å². The van der Waals surface area contributed by atoms with Crippen LogP contribution in [0.25, 0.3) is 6.08 Å². The average Bonchev–Trinajstić information content (AvgIpc) is 3.01. The molecular formula is C23H23BrINO4S. The molecule has 3 rings (SSSR count). The monoisotopic (exact) mass is 615 g/mol.